The summed E-state index contributed by atoms with van der Waals surface area (Å²) in [6, 6.07) is 1.93. The SMILES string of the molecule is CC(C)(C)Cc1noc2nc(C3CC3)cc(C(=O)N3CCN(C(=O)c4cnccn4)CC3)c12. The Morgan fingerprint density at radius 2 is 1.76 bits per heavy atom. The van der Waals surface area contributed by atoms with Crippen LogP contribution >= 0.6 is 0 Å². The monoisotopic (exact) mass is 448 g/mol. The molecule has 0 spiro atoms. The summed E-state index contributed by atoms with van der Waals surface area (Å²) in [7, 11) is 0. The lowest BCUT2D eigenvalue weighted by molar-refractivity contribution is 0.0533. The van der Waals surface area contributed by atoms with Crippen molar-refractivity contribution in [1.82, 2.24) is 29.9 Å². The molecular formula is C24H28N6O3. The Hall–Kier alpha value is -3.36. The van der Waals surface area contributed by atoms with Gasteiger partial charge in [0.05, 0.1) is 22.8 Å². The number of carbonyl (C=O) groups excluding carboxylic acids is 2. The summed E-state index contributed by atoms with van der Waals surface area (Å²) in [6.45, 7) is 8.20. The second-order valence-electron chi connectivity index (χ2n) is 10.1. The molecule has 0 unspecified atom stereocenters. The fourth-order valence-corrected chi connectivity index (χ4v) is 4.26. The Morgan fingerprint density at radius 3 is 2.36 bits per heavy atom. The first-order valence-corrected chi connectivity index (χ1v) is 11.4. The summed E-state index contributed by atoms with van der Waals surface area (Å²) in [5.74, 6) is 0.164. The number of aromatic nitrogens is 4. The summed E-state index contributed by atoms with van der Waals surface area (Å²) in [4.78, 5) is 42.6. The molecule has 1 aliphatic carbocycles. The molecule has 2 aliphatic rings. The van der Waals surface area contributed by atoms with Crippen molar-refractivity contribution < 1.29 is 14.1 Å². The molecule has 0 aromatic carbocycles. The van der Waals surface area contributed by atoms with Gasteiger partial charge in [-0.25, -0.2) is 9.97 Å². The molecule has 172 valence electrons. The molecule has 4 heterocycles. The molecule has 0 N–H and O–H groups in total. The minimum absolute atomic E-state index is 0.00833. The number of piperazine rings is 1. The molecule has 33 heavy (non-hydrogen) atoms. The van der Waals surface area contributed by atoms with Crippen LogP contribution in [0.4, 0.5) is 0 Å². The third-order valence-corrected chi connectivity index (χ3v) is 6.10. The minimum Gasteiger partial charge on any atom is -0.336 e. The molecule has 9 heteroatoms. The molecule has 1 saturated heterocycles. The van der Waals surface area contributed by atoms with Crippen molar-refractivity contribution in [2.45, 2.75) is 46.0 Å². The number of rotatable bonds is 4. The molecule has 3 aromatic heterocycles. The third kappa shape index (κ3) is 4.44. The number of carbonyl (C=O) groups is 2. The van der Waals surface area contributed by atoms with E-state index in [-0.39, 0.29) is 17.2 Å². The number of amides is 2. The van der Waals surface area contributed by atoms with Crippen molar-refractivity contribution >= 4 is 22.9 Å². The minimum atomic E-state index is -0.163. The van der Waals surface area contributed by atoms with Crippen molar-refractivity contribution in [1.29, 1.82) is 0 Å². The van der Waals surface area contributed by atoms with Crippen molar-refractivity contribution in [3.8, 4) is 0 Å². The zero-order chi connectivity index (χ0) is 23.2. The van der Waals surface area contributed by atoms with Crippen LogP contribution in [0.2, 0.25) is 0 Å². The van der Waals surface area contributed by atoms with Crippen molar-refractivity contribution in [3.05, 3.63) is 47.3 Å². The van der Waals surface area contributed by atoms with Crippen LogP contribution in [0.5, 0.6) is 0 Å². The highest BCUT2D eigenvalue weighted by Gasteiger charge is 2.32. The molecule has 1 saturated carbocycles. The highest BCUT2D eigenvalue weighted by molar-refractivity contribution is 6.06. The van der Waals surface area contributed by atoms with Crippen molar-refractivity contribution in [3.63, 3.8) is 0 Å². The summed E-state index contributed by atoms with van der Waals surface area (Å²) < 4.78 is 5.59. The quantitative estimate of drug-likeness (QED) is 0.604. The van der Waals surface area contributed by atoms with Gasteiger partial charge < -0.3 is 14.3 Å². The Labute approximate surface area is 192 Å². The van der Waals surface area contributed by atoms with Gasteiger partial charge in [0, 0.05) is 50.2 Å². The number of fused-ring (bicyclic) bond motifs is 1. The van der Waals surface area contributed by atoms with Crippen LogP contribution < -0.4 is 0 Å². The molecule has 0 bridgehead atoms. The van der Waals surface area contributed by atoms with Gasteiger partial charge in [-0.15, -0.1) is 0 Å². The van der Waals surface area contributed by atoms with Crippen LogP contribution in [-0.2, 0) is 6.42 Å². The van der Waals surface area contributed by atoms with Gasteiger partial charge in [-0.3, -0.25) is 14.6 Å². The standard InChI is InChI=1S/C24H28N6O3/c1-24(2,3)13-18-20-16(12-17(15-4-5-15)27-21(20)33-28-18)22(31)29-8-10-30(11-9-29)23(32)19-14-25-6-7-26-19/h6-7,12,14-15H,4-5,8-11,13H2,1-3H3. The normalized spacial score (nSPS) is 16.9. The van der Waals surface area contributed by atoms with Gasteiger partial charge in [0.1, 0.15) is 5.69 Å². The van der Waals surface area contributed by atoms with Crippen LogP contribution in [0.1, 0.15) is 71.8 Å². The zero-order valence-electron chi connectivity index (χ0n) is 19.2. The number of nitrogens with zero attached hydrogens (tertiary/aromatic N) is 6. The largest absolute Gasteiger partial charge is 0.336 e. The second kappa shape index (κ2) is 8.20. The Balaban J connectivity index is 1.40. The highest BCUT2D eigenvalue weighted by Crippen LogP contribution is 2.41. The first-order valence-electron chi connectivity index (χ1n) is 11.4. The number of hydrogen-bond acceptors (Lipinski definition) is 7. The molecule has 3 aromatic rings. The fourth-order valence-electron chi connectivity index (χ4n) is 4.26. The second-order valence-corrected chi connectivity index (χ2v) is 10.1. The van der Waals surface area contributed by atoms with Crippen LogP contribution in [0.15, 0.2) is 29.2 Å². The molecule has 5 rings (SSSR count). The molecule has 1 aliphatic heterocycles. The lowest BCUT2D eigenvalue weighted by Gasteiger charge is -2.34. The topological polar surface area (TPSA) is 105 Å². The average molecular weight is 449 g/mol. The average Bonchev–Trinajstić information content (AvgIpc) is 3.59. The van der Waals surface area contributed by atoms with E-state index in [1.807, 2.05) is 6.07 Å². The van der Waals surface area contributed by atoms with Crippen LogP contribution in [0.3, 0.4) is 0 Å². The molecular weight excluding hydrogens is 420 g/mol. The van der Waals surface area contributed by atoms with E-state index in [1.165, 1.54) is 18.6 Å². The van der Waals surface area contributed by atoms with E-state index in [0.717, 1.165) is 29.6 Å². The fraction of sp³-hybridized carbons (Fsp3) is 0.500. The van der Waals surface area contributed by atoms with E-state index >= 15 is 0 Å². The molecule has 2 amide bonds. The van der Waals surface area contributed by atoms with E-state index < -0.39 is 0 Å². The smallest absolute Gasteiger partial charge is 0.274 e. The van der Waals surface area contributed by atoms with E-state index in [1.54, 1.807) is 9.80 Å². The first-order chi connectivity index (χ1) is 15.8. The van der Waals surface area contributed by atoms with Gasteiger partial charge >= 0.3 is 0 Å². The number of hydrogen-bond donors (Lipinski definition) is 0. The van der Waals surface area contributed by atoms with Crippen molar-refractivity contribution in [2.24, 2.45) is 5.41 Å². The van der Waals surface area contributed by atoms with Crippen molar-refractivity contribution in [2.75, 3.05) is 26.2 Å². The van der Waals surface area contributed by atoms with Gasteiger partial charge in [0.2, 0.25) is 0 Å². The predicted octanol–water partition coefficient (Wildman–Crippen LogP) is 3.08. The van der Waals surface area contributed by atoms with Crippen LogP contribution in [-0.4, -0.2) is 67.9 Å². The van der Waals surface area contributed by atoms with E-state index in [9.17, 15) is 9.59 Å². The van der Waals surface area contributed by atoms with Gasteiger partial charge in [-0.1, -0.05) is 25.9 Å². The van der Waals surface area contributed by atoms with Gasteiger partial charge in [-0.2, -0.15) is 0 Å². The lowest BCUT2D eigenvalue weighted by Crippen LogP contribution is -2.50. The maximum absolute atomic E-state index is 13.7. The first kappa shape index (κ1) is 21.5. The lowest BCUT2D eigenvalue weighted by atomic mass is 9.89. The zero-order valence-corrected chi connectivity index (χ0v) is 19.2. The van der Waals surface area contributed by atoms with Crippen LogP contribution in [0.25, 0.3) is 11.1 Å². The highest BCUT2D eigenvalue weighted by atomic mass is 16.5. The predicted molar refractivity (Wildman–Crippen MR) is 121 cm³/mol. The van der Waals surface area contributed by atoms with E-state index in [2.05, 4.69) is 40.9 Å². The summed E-state index contributed by atoms with van der Waals surface area (Å²) in [5.41, 5.74) is 3.03. The number of pyridine rings is 1. The van der Waals surface area contributed by atoms with E-state index in [0.29, 0.717) is 55.5 Å². The Bertz CT molecular complexity index is 1190. The molecule has 0 radical (unpaired) electrons. The summed E-state index contributed by atoms with van der Waals surface area (Å²) in [6.07, 6.45) is 7.36. The summed E-state index contributed by atoms with van der Waals surface area (Å²) >= 11 is 0. The molecule has 9 nitrogen and oxygen atoms in total. The van der Waals surface area contributed by atoms with Gasteiger partial charge in [-0.05, 0) is 30.7 Å². The van der Waals surface area contributed by atoms with E-state index in [4.69, 9.17) is 4.52 Å². The molecule has 0 atom stereocenters. The Kier molecular flexibility index (Phi) is 5.34. The van der Waals surface area contributed by atoms with Gasteiger partial charge in [0.15, 0.2) is 0 Å². The molecule has 2 fully saturated rings. The van der Waals surface area contributed by atoms with Gasteiger partial charge in [0.25, 0.3) is 17.5 Å². The maximum Gasteiger partial charge on any atom is 0.274 e. The summed E-state index contributed by atoms with van der Waals surface area (Å²) in [5, 5.41) is 5.00. The van der Waals surface area contributed by atoms with Crippen LogP contribution in [0, 0.1) is 5.41 Å². The maximum atomic E-state index is 13.7. The Morgan fingerprint density at radius 1 is 1.06 bits per heavy atom. The third-order valence-electron chi connectivity index (χ3n) is 6.10.